The van der Waals surface area contributed by atoms with Gasteiger partial charge < -0.3 is 20.0 Å². The van der Waals surface area contributed by atoms with Crippen LogP contribution in [0.15, 0.2) is 42.5 Å². The van der Waals surface area contributed by atoms with E-state index in [2.05, 4.69) is 18.7 Å². The molecule has 7 nitrogen and oxygen atoms in total. The molecule has 0 radical (unpaired) electrons. The topological polar surface area (TPSA) is 89.8 Å². The molecule has 1 fully saturated rings. The van der Waals surface area contributed by atoms with Gasteiger partial charge in [-0.2, -0.15) is 0 Å². The molecule has 2 N–H and O–H groups in total. The minimum absolute atomic E-state index is 0.138. The number of aromatic hydroxyl groups is 1. The number of carbonyl (C=O) groups excluding carboxylic acids is 1. The van der Waals surface area contributed by atoms with E-state index in [0.29, 0.717) is 44.0 Å². The van der Waals surface area contributed by atoms with E-state index in [1.165, 1.54) is 12.8 Å². The van der Waals surface area contributed by atoms with Gasteiger partial charge in [0.1, 0.15) is 17.7 Å². The van der Waals surface area contributed by atoms with Gasteiger partial charge in [-0.25, -0.2) is 9.97 Å². The Morgan fingerprint density at radius 3 is 2.29 bits per heavy atom. The summed E-state index contributed by atoms with van der Waals surface area (Å²) in [6.45, 7) is 10.5. The van der Waals surface area contributed by atoms with Crippen molar-refractivity contribution in [1.29, 1.82) is 0 Å². The van der Waals surface area contributed by atoms with Crippen molar-refractivity contribution in [3.05, 3.63) is 48.0 Å². The van der Waals surface area contributed by atoms with Crippen molar-refractivity contribution in [3.63, 3.8) is 0 Å². The zero-order valence-corrected chi connectivity index (χ0v) is 20.7. The molecule has 1 amide bonds. The summed E-state index contributed by atoms with van der Waals surface area (Å²) < 4.78 is 0. The van der Waals surface area contributed by atoms with Gasteiger partial charge >= 0.3 is 0 Å². The Morgan fingerprint density at radius 1 is 1.00 bits per heavy atom. The number of para-hydroxylation sites is 1. The molecular formula is C27H36N4O3. The highest BCUT2D eigenvalue weighted by Crippen LogP contribution is 2.32. The smallest absolute Gasteiger partial charge is 0.251 e. The number of nitrogens with zero attached hydrogens (tertiary/aromatic N) is 4. The predicted octanol–water partition coefficient (Wildman–Crippen LogP) is 4.54. The van der Waals surface area contributed by atoms with Crippen molar-refractivity contribution in [3.8, 4) is 17.1 Å². The summed E-state index contributed by atoms with van der Waals surface area (Å²) in [6.07, 6.45) is 2.12. The average molecular weight is 465 g/mol. The third-order valence-electron chi connectivity index (χ3n) is 6.04. The van der Waals surface area contributed by atoms with E-state index >= 15 is 0 Å². The molecule has 2 aromatic carbocycles. The fourth-order valence-corrected chi connectivity index (χ4v) is 3.77. The van der Waals surface area contributed by atoms with Crippen molar-refractivity contribution in [1.82, 2.24) is 14.9 Å². The van der Waals surface area contributed by atoms with E-state index in [4.69, 9.17) is 9.97 Å². The van der Waals surface area contributed by atoms with Crippen LogP contribution in [0.25, 0.3) is 22.3 Å². The van der Waals surface area contributed by atoms with Crippen LogP contribution in [0.1, 0.15) is 45.6 Å². The SMILES string of the molecule is CCC(O)C(=O)N1CCN(c2nc(-c3ccccc3O)nc3cc(C)ccc23)CC1.CCCC. The number of aliphatic hydroxyl groups is 1. The molecular weight excluding hydrogens is 428 g/mol. The second-order valence-corrected chi connectivity index (χ2v) is 8.64. The van der Waals surface area contributed by atoms with Crippen LogP contribution < -0.4 is 4.90 Å². The van der Waals surface area contributed by atoms with Crippen LogP contribution >= 0.6 is 0 Å². The minimum Gasteiger partial charge on any atom is -0.507 e. The molecule has 7 heteroatoms. The Kier molecular flexibility index (Phi) is 8.82. The van der Waals surface area contributed by atoms with E-state index in [1.807, 2.05) is 31.2 Å². The van der Waals surface area contributed by atoms with Crippen LogP contribution in [0.5, 0.6) is 5.75 Å². The fraction of sp³-hybridized carbons (Fsp3) is 0.444. The highest BCUT2D eigenvalue weighted by Gasteiger charge is 2.27. The summed E-state index contributed by atoms with van der Waals surface area (Å²) >= 11 is 0. The molecule has 34 heavy (non-hydrogen) atoms. The van der Waals surface area contributed by atoms with Crippen molar-refractivity contribution in [2.24, 2.45) is 0 Å². The number of aliphatic hydroxyl groups excluding tert-OH is 1. The van der Waals surface area contributed by atoms with E-state index in [9.17, 15) is 15.0 Å². The predicted molar refractivity (Wildman–Crippen MR) is 137 cm³/mol. The van der Waals surface area contributed by atoms with Gasteiger partial charge in [0.15, 0.2) is 5.82 Å². The summed E-state index contributed by atoms with van der Waals surface area (Å²) in [7, 11) is 0. The first-order valence-corrected chi connectivity index (χ1v) is 12.2. The Balaban J connectivity index is 0.000000751. The third-order valence-corrected chi connectivity index (χ3v) is 6.04. The van der Waals surface area contributed by atoms with Crippen molar-refractivity contribution < 1.29 is 15.0 Å². The zero-order chi connectivity index (χ0) is 24.7. The number of amides is 1. The third kappa shape index (κ3) is 5.83. The van der Waals surface area contributed by atoms with Gasteiger partial charge in [-0.1, -0.05) is 51.8 Å². The van der Waals surface area contributed by atoms with E-state index < -0.39 is 6.10 Å². The number of phenolic OH excluding ortho intramolecular Hbond substituents is 1. The summed E-state index contributed by atoms with van der Waals surface area (Å²) in [5.41, 5.74) is 2.50. The number of hydrogen-bond donors (Lipinski definition) is 2. The normalized spacial score (nSPS) is 14.5. The molecule has 1 aliphatic rings. The quantitative estimate of drug-likeness (QED) is 0.576. The lowest BCUT2D eigenvalue weighted by molar-refractivity contribution is -0.140. The van der Waals surface area contributed by atoms with Gasteiger partial charge in [-0.3, -0.25) is 4.79 Å². The number of carbonyl (C=O) groups is 1. The molecule has 3 aromatic rings. The van der Waals surface area contributed by atoms with Gasteiger partial charge in [0.05, 0.1) is 11.1 Å². The van der Waals surface area contributed by atoms with Crippen LogP contribution in [0.3, 0.4) is 0 Å². The number of benzene rings is 2. The second kappa shape index (κ2) is 11.8. The number of rotatable bonds is 5. The van der Waals surface area contributed by atoms with Gasteiger partial charge in [0.25, 0.3) is 5.91 Å². The van der Waals surface area contributed by atoms with Crippen LogP contribution in [-0.4, -0.2) is 63.3 Å². The molecule has 0 spiro atoms. The number of aryl methyl sites for hydroxylation is 1. The molecule has 1 saturated heterocycles. The average Bonchev–Trinajstić information content (AvgIpc) is 2.87. The number of unbranched alkanes of at least 4 members (excludes halogenated alkanes) is 1. The maximum Gasteiger partial charge on any atom is 0.251 e. The summed E-state index contributed by atoms with van der Waals surface area (Å²) in [4.78, 5) is 25.7. The van der Waals surface area contributed by atoms with Crippen LogP contribution in [0, 0.1) is 6.92 Å². The number of piperazine rings is 1. The maximum absolute atomic E-state index is 12.3. The monoisotopic (exact) mass is 464 g/mol. The summed E-state index contributed by atoms with van der Waals surface area (Å²) in [5, 5.41) is 21.1. The molecule has 0 aliphatic carbocycles. The van der Waals surface area contributed by atoms with Crippen LogP contribution in [0.4, 0.5) is 5.82 Å². The molecule has 0 bridgehead atoms. The Labute approximate surface area is 202 Å². The first-order valence-electron chi connectivity index (χ1n) is 12.2. The number of fused-ring (bicyclic) bond motifs is 1. The van der Waals surface area contributed by atoms with Gasteiger partial charge in [-0.15, -0.1) is 0 Å². The van der Waals surface area contributed by atoms with E-state index in [-0.39, 0.29) is 11.7 Å². The Morgan fingerprint density at radius 2 is 1.68 bits per heavy atom. The lowest BCUT2D eigenvalue weighted by atomic mass is 10.1. The second-order valence-electron chi connectivity index (χ2n) is 8.64. The van der Waals surface area contributed by atoms with E-state index in [1.54, 1.807) is 30.0 Å². The minimum atomic E-state index is -0.938. The lowest BCUT2D eigenvalue weighted by Gasteiger charge is -2.36. The number of anilines is 1. The molecule has 1 aromatic heterocycles. The molecule has 4 rings (SSSR count). The van der Waals surface area contributed by atoms with Gasteiger partial charge in [0.2, 0.25) is 0 Å². The first kappa shape index (κ1) is 25.4. The standard InChI is InChI=1S/C23H26N4O3.C4H10/c1-3-19(28)23(30)27-12-10-26(11-13-27)22-16-9-8-15(2)14-18(16)24-21(25-22)17-6-4-5-7-20(17)29;1-3-4-2/h4-9,14,19,28-29H,3,10-13H2,1-2H3;3-4H2,1-2H3. The zero-order valence-electron chi connectivity index (χ0n) is 20.7. The number of aromatic nitrogens is 2. The lowest BCUT2D eigenvalue weighted by Crippen LogP contribution is -2.51. The molecule has 1 aliphatic heterocycles. The van der Waals surface area contributed by atoms with Gasteiger partial charge in [0, 0.05) is 31.6 Å². The molecule has 2 heterocycles. The first-order chi connectivity index (χ1) is 16.4. The largest absolute Gasteiger partial charge is 0.507 e. The van der Waals surface area contributed by atoms with Crippen molar-refractivity contribution in [2.75, 3.05) is 31.1 Å². The van der Waals surface area contributed by atoms with Crippen LogP contribution in [0.2, 0.25) is 0 Å². The highest BCUT2D eigenvalue weighted by atomic mass is 16.3. The molecule has 1 unspecified atom stereocenters. The number of phenols is 1. The molecule has 1 atom stereocenters. The van der Waals surface area contributed by atoms with Gasteiger partial charge in [-0.05, 0) is 43.2 Å². The maximum atomic E-state index is 12.3. The fourth-order valence-electron chi connectivity index (χ4n) is 3.77. The number of hydrogen-bond acceptors (Lipinski definition) is 6. The Hall–Kier alpha value is -3.19. The Bertz CT molecular complexity index is 1110. The molecule has 182 valence electrons. The van der Waals surface area contributed by atoms with Crippen LogP contribution in [-0.2, 0) is 4.79 Å². The summed E-state index contributed by atoms with van der Waals surface area (Å²) in [6, 6.07) is 13.1. The van der Waals surface area contributed by atoms with Crippen molar-refractivity contribution in [2.45, 2.75) is 53.1 Å². The van der Waals surface area contributed by atoms with E-state index in [0.717, 1.165) is 22.3 Å². The molecule has 0 saturated carbocycles. The highest BCUT2D eigenvalue weighted by molar-refractivity contribution is 5.92. The summed E-state index contributed by atoms with van der Waals surface area (Å²) in [5.74, 6) is 1.19. The van der Waals surface area contributed by atoms with Crippen molar-refractivity contribution >= 4 is 22.6 Å².